The monoisotopic (exact) mass is 516 g/mol. The Bertz CT molecular complexity index is 730. The maximum atomic E-state index is 13.4. The molecule has 0 bridgehead atoms. The number of benzene rings is 1. The molecule has 0 saturated carbocycles. The van der Waals surface area contributed by atoms with Crippen molar-refractivity contribution in [1.29, 1.82) is 0 Å². The van der Waals surface area contributed by atoms with E-state index >= 15 is 0 Å². The summed E-state index contributed by atoms with van der Waals surface area (Å²) in [6, 6.07) is 11.5. The van der Waals surface area contributed by atoms with E-state index in [0.29, 0.717) is 12.0 Å². The molecule has 1 aromatic carbocycles. The number of hydrogen-bond acceptors (Lipinski definition) is 3. The summed E-state index contributed by atoms with van der Waals surface area (Å²) < 4.78 is 13.4. The molecule has 1 unspecified atom stereocenters. The molecule has 1 atom stereocenters. The first-order valence-electron chi connectivity index (χ1n) is 9.74. The van der Waals surface area contributed by atoms with Gasteiger partial charge >= 0.3 is 0 Å². The topological polar surface area (TPSA) is 39.7 Å². The molecule has 2 heterocycles. The lowest BCUT2D eigenvalue weighted by Gasteiger charge is -2.34. The fourth-order valence-corrected chi connectivity index (χ4v) is 4.14. The van der Waals surface area contributed by atoms with Gasteiger partial charge in [0.05, 0.1) is 6.54 Å². The van der Waals surface area contributed by atoms with Crippen LogP contribution in [-0.4, -0.2) is 38.2 Å². The molecule has 1 aromatic heterocycles. The van der Waals surface area contributed by atoms with Crippen molar-refractivity contribution in [3.63, 3.8) is 0 Å². The van der Waals surface area contributed by atoms with Crippen LogP contribution in [0.5, 0.6) is 0 Å². The van der Waals surface area contributed by atoms with E-state index in [2.05, 4.69) is 46.9 Å². The number of nitrogens with zero attached hydrogens (tertiary/aromatic N) is 2. The molecule has 1 fully saturated rings. The Kier molecular flexibility index (Phi) is 9.50. The van der Waals surface area contributed by atoms with Crippen molar-refractivity contribution in [3.05, 3.63) is 52.5 Å². The Labute approximate surface area is 188 Å². The molecule has 4 nitrogen and oxygen atoms in total. The van der Waals surface area contributed by atoms with Crippen molar-refractivity contribution >= 4 is 47.0 Å². The zero-order valence-corrected chi connectivity index (χ0v) is 19.7. The molecular formula is C21H30FIN4S. The van der Waals surface area contributed by atoms with Gasteiger partial charge in [-0.15, -0.1) is 35.3 Å². The second kappa shape index (κ2) is 11.6. The minimum absolute atomic E-state index is 0. The second-order valence-electron chi connectivity index (χ2n) is 7.02. The highest BCUT2D eigenvalue weighted by Crippen LogP contribution is 2.22. The average Bonchev–Trinajstić information content (AvgIpc) is 3.21. The summed E-state index contributed by atoms with van der Waals surface area (Å²) in [4.78, 5) is 8.42. The molecule has 1 aliphatic heterocycles. The lowest BCUT2D eigenvalue weighted by atomic mass is 10.0. The van der Waals surface area contributed by atoms with Gasteiger partial charge < -0.3 is 15.5 Å². The standard InChI is InChI=1S/C21H29FN4S.HI/c1-3-23-21(24-15-16(2)20-8-5-13-27-20)25-18-9-11-26(12-10-18)19-7-4-6-17(22)14-19;/h4-8,13-14,16,18H,3,9-12,15H2,1-2H3,(H2,23,24,25);1H. The van der Waals surface area contributed by atoms with Gasteiger partial charge in [0.15, 0.2) is 5.96 Å². The van der Waals surface area contributed by atoms with Crippen LogP contribution in [0, 0.1) is 5.82 Å². The predicted molar refractivity (Wildman–Crippen MR) is 129 cm³/mol. The van der Waals surface area contributed by atoms with Gasteiger partial charge in [0.25, 0.3) is 0 Å². The van der Waals surface area contributed by atoms with E-state index in [1.165, 1.54) is 10.9 Å². The normalized spacial score (nSPS) is 16.4. The Morgan fingerprint density at radius 3 is 2.71 bits per heavy atom. The van der Waals surface area contributed by atoms with Crippen LogP contribution in [0.2, 0.25) is 0 Å². The zero-order chi connectivity index (χ0) is 19.1. The number of rotatable bonds is 6. The number of halogens is 2. The Hall–Kier alpha value is -1.35. The molecule has 1 aliphatic rings. The quantitative estimate of drug-likeness (QED) is 0.328. The molecule has 0 amide bonds. The highest BCUT2D eigenvalue weighted by Gasteiger charge is 2.20. The zero-order valence-electron chi connectivity index (χ0n) is 16.5. The third kappa shape index (κ3) is 6.62. The van der Waals surface area contributed by atoms with E-state index in [1.807, 2.05) is 6.07 Å². The summed E-state index contributed by atoms with van der Waals surface area (Å²) >= 11 is 1.79. The average molecular weight is 516 g/mol. The lowest BCUT2D eigenvalue weighted by molar-refractivity contribution is 0.461. The maximum Gasteiger partial charge on any atom is 0.191 e. The minimum Gasteiger partial charge on any atom is -0.371 e. The third-order valence-electron chi connectivity index (χ3n) is 4.91. The Morgan fingerprint density at radius 2 is 2.07 bits per heavy atom. The van der Waals surface area contributed by atoms with E-state index in [1.54, 1.807) is 23.5 Å². The van der Waals surface area contributed by atoms with Gasteiger partial charge in [-0.25, -0.2) is 4.39 Å². The van der Waals surface area contributed by atoms with Crippen LogP contribution in [0.15, 0.2) is 46.8 Å². The van der Waals surface area contributed by atoms with E-state index < -0.39 is 0 Å². The molecule has 28 heavy (non-hydrogen) atoms. The maximum absolute atomic E-state index is 13.4. The summed E-state index contributed by atoms with van der Waals surface area (Å²) in [5.41, 5.74) is 0.971. The molecule has 0 aliphatic carbocycles. The molecule has 2 aromatic rings. The van der Waals surface area contributed by atoms with Crippen LogP contribution in [0.25, 0.3) is 0 Å². The fourth-order valence-electron chi connectivity index (χ4n) is 3.36. The van der Waals surface area contributed by atoms with E-state index in [9.17, 15) is 4.39 Å². The number of aliphatic imine (C=N–C) groups is 1. The van der Waals surface area contributed by atoms with Crippen LogP contribution < -0.4 is 15.5 Å². The SMILES string of the molecule is CCNC(=NCC(C)c1cccs1)NC1CCN(c2cccc(F)c2)CC1.I. The first-order valence-corrected chi connectivity index (χ1v) is 10.6. The van der Waals surface area contributed by atoms with Crippen molar-refractivity contribution in [2.24, 2.45) is 4.99 Å². The molecule has 2 N–H and O–H groups in total. The number of hydrogen-bond donors (Lipinski definition) is 2. The summed E-state index contributed by atoms with van der Waals surface area (Å²) in [5, 5.41) is 9.06. The molecule has 3 rings (SSSR count). The van der Waals surface area contributed by atoms with Gasteiger partial charge in [0.1, 0.15) is 5.82 Å². The minimum atomic E-state index is -0.172. The van der Waals surface area contributed by atoms with Crippen molar-refractivity contribution in [2.45, 2.75) is 38.6 Å². The van der Waals surface area contributed by atoms with Gasteiger partial charge in [-0.05, 0) is 49.4 Å². The van der Waals surface area contributed by atoms with Gasteiger partial charge in [-0.3, -0.25) is 4.99 Å². The number of anilines is 1. The van der Waals surface area contributed by atoms with Crippen LogP contribution in [0.3, 0.4) is 0 Å². The van der Waals surface area contributed by atoms with E-state index in [0.717, 1.165) is 50.7 Å². The van der Waals surface area contributed by atoms with E-state index in [4.69, 9.17) is 4.99 Å². The third-order valence-corrected chi connectivity index (χ3v) is 6.01. The van der Waals surface area contributed by atoms with Crippen molar-refractivity contribution in [2.75, 3.05) is 31.1 Å². The van der Waals surface area contributed by atoms with Gasteiger partial charge in [-0.1, -0.05) is 19.1 Å². The molecule has 0 radical (unpaired) electrons. The second-order valence-corrected chi connectivity index (χ2v) is 8.00. The molecule has 154 valence electrons. The Balaban J connectivity index is 0.00000280. The number of nitrogens with one attached hydrogen (secondary N) is 2. The van der Waals surface area contributed by atoms with Crippen LogP contribution in [0.4, 0.5) is 10.1 Å². The van der Waals surface area contributed by atoms with Crippen LogP contribution >= 0.6 is 35.3 Å². The lowest BCUT2D eigenvalue weighted by Crippen LogP contribution is -2.48. The highest BCUT2D eigenvalue weighted by atomic mass is 127. The number of guanidine groups is 1. The summed E-state index contributed by atoms with van der Waals surface area (Å²) in [5.74, 6) is 1.15. The van der Waals surface area contributed by atoms with Crippen molar-refractivity contribution < 1.29 is 4.39 Å². The number of thiophene rings is 1. The molecular weight excluding hydrogens is 486 g/mol. The van der Waals surface area contributed by atoms with Gasteiger partial charge in [-0.2, -0.15) is 0 Å². The largest absolute Gasteiger partial charge is 0.371 e. The highest BCUT2D eigenvalue weighted by molar-refractivity contribution is 14.0. The molecule has 7 heteroatoms. The first kappa shape index (κ1) is 22.9. The summed E-state index contributed by atoms with van der Waals surface area (Å²) in [7, 11) is 0. The summed E-state index contributed by atoms with van der Waals surface area (Å²) in [6.07, 6.45) is 2.03. The smallest absolute Gasteiger partial charge is 0.191 e. The Morgan fingerprint density at radius 1 is 1.29 bits per heavy atom. The molecule has 0 spiro atoms. The van der Waals surface area contributed by atoms with E-state index in [-0.39, 0.29) is 29.8 Å². The summed E-state index contributed by atoms with van der Waals surface area (Å²) in [6.45, 7) is 7.78. The molecule has 1 saturated heterocycles. The van der Waals surface area contributed by atoms with Crippen LogP contribution in [-0.2, 0) is 0 Å². The first-order chi connectivity index (χ1) is 13.2. The van der Waals surface area contributed by atoms with Crippen LogP contribution in [0.1, 0.15) is 37.5 Å². The number of piperidine rings is 1. The van der Waals surface area contributed by atoms with Crippen molar-refractivity contribution in [1.82, 2.24) is 10.6 Å². The fraction of sp³-hybridized carbons (Fsp3) is 0.476. The van der Waals surface area contributed by atoms with Crippen molar-refractivity contribution in [3.8, 4) is 0 Å². The van der Waals surface area contributed by atoms with Gasteiger partial charge in [0.2, 0.25) is 0 Å². The van der Waals surface area contributed by atoms with Gasteiger partial charge in [0, 0.05) is 42.2 Å². The predicted octanol–water partition coefficient (Wildman–Crippen LogP) is 4.83.